The van der Waals surface area contributed by atoms with Crippen molar-refractivity contribution >= 4 is 0 Å². The Morgan fingerprint density at radius 1 is 0.938 bits per heavy atom. The van der Waals surface area contributed by atoms with Gasteiger partial charge in [0, 0.05) is 76.0 Å². The highest BCUT2D eigenvalue weighted by Crippen LogP contribution is 2.79. The Kier molecular flexibility index (Phi) is 4.62. The van der Waals surface area contributed by atoms with Crippen LogP contribution in [-0.4, -0.2) is 111 Å². The molecule has 7 bridgehead atoms. The normalized spacial score (nSPS) is 62.4. The predicted octanol–water partition coefficient (Wildman–Crippen LogP) is -0.119. The van der Waals surface area contributed by atoms with Gasteiger partial charge >= 0.3 is 0 Å². The van der Waals surface area contributed by atoms with E-state index in [0.29, 0.717) is 19.4 Å². The highest BCUT2D eigenvalue weighted by atomic mass is 16.5. The molecule has 0 aromatic rings. The highest BCUT2D eigenvalue weighted by Gasteiger charge is 2.88. The molecular weight excluding hydrogens is 414 g/mol. The summed E-state index contributed by atoms with van der Waals surface area (Å²) in [7, 11) is 9.05. The number of ether oxygens (including phenoxy) is 4. The maximum Gasteiger partial charge on any atom is 0.117 e. The van der Waals surface area contributed by atoms with Crippen LogP contribution in [0.3, 0.4) is 0 Å². The van der Waals surface area contributed by atoms with E-state index in [1.165, 1.54) is 0 Å². The van der Waals surface area contributed by atoms with Crippen LogP contribution in [0.25, 0.3) is 0 Å². The maximum absolute atomic E-state index is 12.5. The van der Waals surface area contributed by atoms with E-state index in [4.69, 9.17) is 18.9 Å². The molecule has 0 radical (unpaired) electrons. The van der Waals surface area contributed by atoms with Crippen LogP contribution in [0.1, 0.15) is 25.7 Å². The van der Waals surface area contributed by atoms with Gasteiger partial charge in [0.15, 0.2) is 0 Å². The second kappa shape index (κ2) is 6.66. The van der Waals surface area contributed by atoms with Crippen molar-refractivity contribution in [1.82, 2.24) is 4.90 Å². The second-order valence-corrected chi connectivity index (χ2v) is 11.8. The Balaban J connectivity index is 1.64. The first-order valence-electron chi connectivity index (χ1n) is 12.1. The maximum atomic E-state index is 12.5. The van der Waals surface area contributed by atoms with Gasteiger partial charge in [-0.25, -0.2) is 0 Å². The van der Waals surface area contributed by atoms with E-state index >= 15 is 0 Å². The van der Waals surface area contributed by atoms with Gasteiger partial charge in [0.05, 0.1) is 36.6 Å². The van der Waals surface area contributed by atoms with Gasteiger partial charge in [0.25, 0.3) is 0 Å². The van der Waals surface area contributed by atoms with Crippen LogP contribution in [0.15, 0.2) is 0 Å². The van der Waals surface area contributed by atoms with E-state index in [-0.39, 0.29) is 46.8 Å². The lowest BCUT2D eigenvalue weighted by molar-refractivity contribution is -0.281. The third-order valence-electron chi connectivity index (χ3n) is 11.2. The Morgan fingerprint density at radius 3 is 2.28 bits per heavy atom. The van der Waals surface area contributed by atoms with Gasteiger partial charge in [0.2, 0.25) is 0 Å². The highest BCUT2D eigenvalue weighted by molar-refractivity contribution is 5.37. The zero-order valence-corrected chi connectivity index (χ0v) is 19.9. The van der Waals surface area contributed by atoms with E-state index < -0.39 is 29.3 Å². The van der Waals surface area contributed by atoms with Crippen molar-refractivity contribution in [3.05, 3.63) is 0 Å². The van der Waals surface area contributed by atoms with Crippen LogP contribution in [0, 0.1) is 34.5 Å². The molecule has 6 aliphatic rings. The molecule has 1 spiro atoms. The number of methoxy groups -OCH3 is 4. The molecule has 13 atom stereocenters. The molecule has 4 unspecified atom stereocenters. The Morgan fingerprint density at radius 2 is 1.66 bits per heavy atom. The van der Waals surface area contributed by atoms with E-state index in [1.807, 2.05) is 0 Å². The van der Waals surface area contributed by atoms with Gasteiger partial charge in [-0.2, -0.15) is 0 Å². The van der Waals surface area contributed by atoms with Gasteiger partial charge in [0.1, 0.15) is 5.60 Å². The number of hydrogen-bond acceptors (Lipinski definition) is 8. The fourth-order valence-corrected chi connectivity index (χ4v) is 10.9. The topological polar surface area (TPSA) is 101 Å². The summed E-state index contributed by atoms with van der Waals surface area (Å²) in [6.45, 7) is 1.52. The summed E-state index contributed by atoms with van der Waals surface area (Å²) in [5.74, 6) is -0.596. The lowest BCUT2D eigenvalue weighted by Crippen LogP contribution is -2.76. The van der Waals surface area contributed by atoms with E-state index in [1.54, 1.807) is 28.4 Å². The fraction of sp³-hybridized carbons (Fsp3) is 1.00. The van der Waals surface area contributed by atoms with Crippen molar-refractivity contribution in [2.24, 2.45) is 34.5 Å². The van der Waals surface area contributed by atoms with Crippen molar-refractivity contribution in [3.63, 3.8) is 0 Å². The molecule has 182 valence electrons. The quantitative estimate of drug-likeness (QED) is 0.530. The standard InChI is InChI=1S/C24H39NO7/c1-25-10-21(11-29-2)7-6-13(30-3)24-12-8-22(27)14(31-4)9-23(28,15(12)20(22)26)16(19(24)25)17(32-5)18(21)24/h12-20,26-28H,6-11H2,1-5H3/t12-,13+,14+,15-,16?,17+,18-,19?,20-,21+,22+,23?,24?/m1/s1. The molecule has 8 nitrogen and oxygen atoms in total. The molecule has 8 heteroatoms. The van der Waals surface area contributed by atoms with E-state index in [0.717, 1.165) is 19.4 Å². The van der Waals surface area contributed by atoms with E-state index in [2.05, 4.69) is 11.9 Å². The first-order valence-corrected chi connectivity index (χ1v) is 12.1. The summed E-state index contributed by atoms with van der Waals surface area (Å²) in [6, 6.07) is 0.0455. The molecule has 32 heavy (non-hydrogen) atoms. The lowest BCUT2D eigenvalue weighted by Gasteiger charge is -2.68. The minimum absolute atomic E-state index is 0.0291. The van der Waals surface area contributed by atoms with Gasteiger partial charge in [-0.1, -0.05) is 0 Å². The summed E-state index contributed by atoms with van der Waals surface area (Å²) in [5, 5.41) is 35.7. The van der Waals surface area contributed by atoms with E-state index in [9.17, 15) is 15.3 Å². The van der Waals surface area contributed by atoms with Gasteiger partial charge in [-0.3, -0.25) is 0 Å². The number of nitrogens with zero attached hydrogens (tertiary/aromatic N) is 1. The first-order chi connectivity index (χ1) is 15.2. The summed E-state index contributed by atoms with van der Waals surface area (Å²) in [6.07, 6.45) is 0.747. The van der Waals surface area contributed by atoms with Gasteiger partial charge in [-0.15, -0.1) is 0 Å². The van der Waals surface area contributed by atoms with Gasteiger partial charge < -0.3 is 39.2 Å². The average Bonchev–Trinajstić information content (AvgIpc) is 3.13. The number of aliphatic hydroxyl groups excluding tert-OH is 1. The average molecular weight is 454 g/mol. The third kappa shape index (κ3) is 2.07. The van der Waals surface area contributed by atoms with Gasteiger partial charge in [-0.05, 0) is 32.2 Å². The zero-order chi connectivity index (χ0) is 22.8. The molecule has 6 fully saturated rings. The minimum atomic E-state index is -1.36. The second-order valence-electron chi connectivity index (χ2n) is 11.8. The van der Waals surface area contributed by atoms with Crippen molar-refractivity contribution in [2.75, 3.05) is 48.6 Å². The molecular formula is C24H39NO7. The Labute approximate surface area is 190 Å². The molecule has 0 amide bonds. The van der Waals surface area contributed by atoms with Crippen molar-refractivity contribution in [3.8, 4) is 0 Å². The lowest BCUT2D eigenvalue weighted by atomic mass is 9.43. The van der Waals surface area contributed by atoms with Crippen LogP contribution >= 0.6 is 0 Å². The van der Waals surface area contributed by atoms with Crippen LogP contribution in [0.5, 0.6) is 0 Å². The molecule has 1 heterocycles. The number of fused-ring (bicyclic) bond motifs is 2. The fourth-order valence-electron chi connectivity index (χ4n) is 10.9. The number of piperidine rings is 1. The zero-order valence-electron chi connectivity index (χ0n) is 19.9. The largest absolute Gasteiger partial charge is 0.390 e. The Bertz CT molecular complexity index is 798. The molecule has 5 saturated carbocycles. The van der Waals surface area contributed by atoms with Crippen LogP contribution < -0.4 is 0 Å². The molecule has 5 aliphatic carbocycles. The molecule has 1 aliphatic heterocycles. The Hall–Kier alpha value is -0.320. The number of rotatable bonds is 5. The third-order valence-corrected chi connectivity index (χ3v) is 11.2. The molecule has 1 saturated heterocycles. The van der Waals surface area contributed by atoms with Crippen molar-refractivity contribution in [1.29, 1.82) is 0 Å². The minimum Gasteiger partial charge on any atom is -0.390 e. The predicted molar refractivity (Wildman–Crippen MR) is 114 cm³/mol. The first kappa shape index (κ1) is 22.2. The number of likely N-dealkylation sites (tertiary alicyclic amines) is 1. The van der Waals surface area contributed by atoms with Crippen LogP contribution in [0.4, 0.5) is 0 Å². The number of hydrogen-bond donors (Lipinski definition) is 3. The van der Waals surface area contributed by atoms with Crippen molar-refractivity contribution in [2.45, 2.75) is 67.3 Å². The molecule has 0 aromatic heterocycles. The van der Waals surface area contributed by atoms with Crippen LogP contribution in [0.2, 0.25) is 0 Å². The summed E-state index contributed by atoms with van der Waals surface area (Å²) in [5.41, 5.74) is -3.00. The molecule has 0 aromatic carbocycles. The number of aliphatic hydroxyl groups is 3. The monoisotopic (exact) mass is 453 g/mol. The summed E-state index contributed by atoms with van der Waals surface area (Å²) < 4.78 is 24.1. The summed E-state index contributed by atoms with van der Waals surface area (Å²) >= 11 is 0. The summed E-state index contributed by atoms with van der Waals surface area (Å²) in [4.78, 5) is 2.42. The smallest absolute Gasteiger partial charge is 0.117 e. The SMILES string of the molecule is COC[C@@]12CC[C@H](OC)C34C(C([C@H](OC)[C@@H]31)C1(O)C[C@H](OC)[C@@]3(O)C[C@@H]4[C@@H]1[C@H]3O)N(C)C2. The van der Waals surface area contributed by atoms with Crippen molar-refractivity contribution < 1.29 is 34.3 Å². The molecule has 3 N–H and O–H groups in total. The molecule has 6 rings (SSSR count). The van der Waals surface area contributed by atoms with Crippen LogP contribution in [-0.2, 0) is 18.9 Å².